The van der Waals surface area contributed by atoms with Gasteiger partial charge >= 0.3 is 0 Å². The molecule has 0 radical (unpaired) electrons. The van der Waals surface area contributed by atoms with Gasteiger partial charge in [-0.2, -0.15) is 0 Å². The zero-order valence-electron chi connectivity index (χ0n) is 18.4. The van der Waals surface area contributed by atoms with Crippen molar-refractivity contribution < 1.29 is 9.50 Å². The summed E-state index contributed by atoms with van der Waals surface area (Å²) in [5.41, 5.74) is 1.50. The van der Waals surface area contributed by atoms with Crippen LogP contribution in [0.1, 0.15) is 64.4 Å². The third kappa shape index (κ3) is 7.25. The second-order valence-electron chi connectivity index (χ2n) is 8.47. The fourth-order valence-electron chi connectivity index (χ4n) is 4.41. The molecule has 2 aliphatic rings. The van der Waals surface area contributed by atoms with Gasteiger partial charge in [-0.15, -0.1) is 24.0 Å². The topological polar surface area (TPSA) is 59.9 Å². The Morgan fingerprint density at radius 2 is 1.83 bits per heavy atom. The maximum Gasteiger partial charge on any atom is 0.191 e. The number of nitrogens with one attached hydrogen (secondary N) is 2. The van der Waals surface area contributed by atoms with Crippen molar-refractivity contribution in [1.82, 2.24) is 10.6 Å². The van der Waals surface area contributed by atoms with Gasteiger partial charge in [0.2, 0.25) is 0 Å². The summed E-state index contributed by atoms with van der Waals surface area (Å²) in [5, 5.41) is 16.5. The summed E-state index contributed by atoms with van der Waals surface area (Å²) in [5.74, 6) is 1.49. The normalized spacial score (nSPS) is 23.1. The molecule has 170 valence electrons. The average molecular weight is 532 g/mol. The molecule has 0 unspecified atom stereocenters. The molecule has 0 atom stereocenters. The number of hydrogen-bond acceptors (Lipinski definition) is 3. The van der Waals surface area contributed by atoms with E-state index in [1.54, 1.807) is 6.07 Å². The van der Waals surface area contributed by atoms with Crippen molar-refractivity contribution in [3.63, 3.8) is 0 Å². The number of aliphatic imine (C=N–C) groups is 1. The van der Waals surface area contributed by atoms with Crippen LogP contribution in [0.15, 0.2) is 23.2 Å². The lowest BCUT2D eigenvalue weighted by Crippen LogP contribution is -2.44. The van der Waals surface area contributed by atoms with Gasteiger partial charge < -0.3 is 20.6 Å². The van der Waals surface area contributed by atoms with Crippen molar-refractivity contribution in [2.75, 3.05) is 24.5 Å². The maximum absolute atomic E-state index is 14.7. The fourth-order valence-corrected chi connectivity index (χ4v) is 4.41. The lowest BCUT2D eigenvalue weighted by molar-refractivity contribution is 0.145. The van der Waals surface area contributed by atoms with Crippen molar-refractivity contribution in [3.05, 3.63) is 29.6 Å². The summed E-state index contributed by atoms with van der Waals surface area (Å²) in [6.07, 6.45) is 7.37. The lowest BCUT2D eigenvalue weighted by Gasteiger charge is -2.31. The SMILES string of the molecule is CCNC(=NCc1ccc(N2CCC(O)CC2)c(F)c1)NC1CCC(CC)CC1.I. The molecule has 3 rings (SSSR count). The van der Waals surface area contributed by atoms with Crippen LogP contribution in [-0.4, -0.2) is 42.8 Å². The van der Waals surface area contributed by atoms with Crippen molar-refractivity contribution in [2.24, 2.45) is 10.9 Å². The number of halogens is 2. The molecule has 1 aliphatic heterocycles. The third-order valence-corrected chi connectivity index (χ3v) is 6.35. The van der Waals surface area contributed by atoms with E-state index in [-0.39, 0.29) is 35.9 Å². The standard InChI is InChI=1S/C23H37FN4O.HI/c1-3-17-5-8-19(9-6-17)27-23(25-4-2)26-16-18-7-10-22(21(24)15-18)28-13-11-20(29)12-14-28;/h7,10,15,17,19-20,29H,3-6,8-9,11-14,16H2,1-2H3,(H2,25,26,27);1H. The second kappa shape index (κ2) is 12.7. The number of nitrogens with zero attached hydrogens (tertiary/aromatic N) is 2. The molecule has 2 fully saturated rings. The molecule has 1 aliphatic carbocycles. The van der Waals surface area contributed by atoms with Gasteiger partial charge in [0.05, 0.1) is 18.3 Å². The summed E-state index contributed by atoms with van der Waals surface area (Å²) < 4.78 is 14.7. The first-order valence-electron chi connectivity index (χ1n) is 11.3. The van der Waals surface area contributed by atoms with Crippen LogP contribution in [0.4, 0.5) is 10.1 Å². The number of rotatable bonds is 6. The Balaban J connectivity index is 0.00000320. The van der Waals surface area contributed by atoms with E-state index in [0.29, 0.717) is 44.2 Å². The Morgan fingerprint density at radius 1 is 1.13 bits per heavy atom. The van der Waals surface area contributed by atoms with E-state index in [0.717, 1.165) is 24.0 Å². The smallest absolute Gasteiger partial charge is 0.191 e. The Bertz CT molecular complexity index is 671. The highest BCUT2D eigenvalue weighted by Gasteiger charge is 2.21. The van der Waals surface area contributed by atoms with Gasteiger partial charge in [0, 0.05) is 25.7 Å². The van der Waals surface area contributed by atoms with E-state index in [1.807, 2.05) is 17.0 Å². The van der Waals surface area contributed by atoms with Gasteiger partial charge in [-0.3, -0.25) is 0 Å². The van der Waals surface area contributed by atoms with Gasteiger partial charge in [-0.1, -0.05) is 19.4 Å². The zero-order chi connectivity index (χ0) is 20.6. The minimum Gasteiger partial charge on any atom is -0.393 e. The van der Waals surface area contributed by atoms with Crippen molar-refractivity contribution in [3.8, 4) is 0 Å². The van der Waals surface area contributed by atoms with Crippen LogP contribution in [0.2, 0.25) is 0 Å². The van der Waals surface area contributed by atoms with Crippen LogP contribution in [0.25, 0.3) is 0 Å². The number of aliphatic hydroxyl groups is 1. The number of anilines is 1. The number of aliphatic hydroxyl groups excluding tert-OH is 1. The van der Waals surface area contributed by atoms with Crippen molar-refractivity contribution in [2.45, 2.75) is 77.5 Å². The minimum absolute atomic E-state index is 0. The van der Waals surface area contributed by atoms with Gasteiger partial charge in [0.15, 0.2) is 5.96 Å². The van der Waals surface area contributed by atoms with Crippen LogP contribution in [0, 0.1) is 11.7 Å². The first-order valence-corrected chi connectivity index (χ1v) is 11.3. The highest BCUT2D eigenvalue weighted by atomic mass is 127. The zero-order valence-corrected chi connectivity index (χ0v) is 20.7. The Labute approximate surface area is 197 Å². The number of piperidine rings is 1. The van der Waals surface area contributed by atoms with Gasteiger partial charge in [0.1, 0.15) is 5.82 Å². The first kappa shape index (κ1) is 25.2. The summed E-state index contributed by atoms with van der Waals surface area (Å²) >= 11 is 0. The molecule has 3 N–H and O–H groups in total. The molecule has 1 aromatic rings. The number of guanidine groups is 1. The van der Waals surface area contributed by atoms with E-state index in [9.17, 15) is 9.50 Å². The Morgan fingerprint density at radius 3 is 2.43 bits per heavy atom. The molecule has 0 spiro atoms. The number of hydrogen-bond donors (Lipinski definition) is 3. The lowest BCUT2D eigenvalue weighted by atomic mass is 9.84. The summed E-state index contributed by atoms with van der Waals surface area (Å²) in [6.45, 7) is 7.01. The first-order chi connectivity index (χ1) is 14.1. The van der Waals surface area contributed by atoms with Crippen LogP contribution in [-0.2, 0) is 6.54 Å². The fraction of sp³-hybridized carbons (Fsp3) is 0.696. The predicted molar refractivity (Wildman–Crippen MR) is 133 cm³/mol. The van der Waals surface area contributed by atoms with Crippen molar-refractivity contribution >= 4 is 35.6 Å². The van der Waals surface area contributed by atoms with E-state index >= 15 is 0 Å². The Kier molecular flexibility index (Phi) is 10.6. The molecule has 0 amide bonds. The van der Waals surface area contributed by atoms with Crippen LogP contribution in [0.3, 0.4) is 0 Å². The van der Waals surface area contributed by atoms with Gasteiger partial charge in [-0.25, -0.2) is 9.38 Å². The molecule has 1 saturated heterocycles. The maximum atomic E-state index is 14.7. The molecule has 1 aromatic carbocycles. The van der Waals surface area contributed by atoms with Crippen molar-refractivity contribution in [1.29, 1.82) is 0 Å². The third-order valence-electron chi connectivity index (χ3n) is 6.35. The molecular weight excluding hydrogens is 494 g/mol. The van der Waals surface area contributed by atoms with E-state index < -0.39 is 0 Å². The molecular formula is C23H38FIN4O. The molecule has 0 bridgehead atoms. The van der Waals surface area contributed by atoms with Crippen LogP contribution >= 0.6 is 24.0 Å². The largest absolute Gasteiger partial charge is 0.393 e. The molecule has 7 heteroatoms. The molecule has 0 aromatic heterocycles. The second-order valence-corrected chi connectivity index (χ2v) is 8.47. The Hall–Kier alpha value is -1.09. The molecule has 1 heterocycles. The summed E-state index contributed by atoms with van der Waals surface area (Å²) in [4.78, 5) is 6.71. The van der Waals surface area contributed by atoms with Crippen LogP contribution < -0.4 is 15.5 Å². The molecule has 30 heavy (non-hydrogen) atoms. The van der Waals surface area contributed by atoms with Gasteiger partial charge in [-0.05, 0) is 69.1 Å². The highest BCUT2D eigenvalue weighted by molar-refractivity contribution is 14.0. The molecule has 5 nitrogen and oxygen atoms in total. The highest BCUT2D eigenvalue weighted by Crippen LogP contribution is 2.27. The minimum atomic E-state index is -0.253. The van der Waals surface area contributed by atoms with Crippen LogP contribution in [0.5, 0.6) is 0 Å². The molecule has 1 saturated carbocycles. The number of benzene rings is 1. The van der Waals surface area contributed by atoms with Gasteiger partial charge in [0.25, 0.3) is 0 Å². The quantitative estimate of drug-likeness (QED) is 0.288. The van der Waals surface area contributed by atoms with E-state index in [2.05, 4.69) is 24.5 Å². The summed E-state index contributed by atoms with van der Waals surface area (Å²) in [7, 11) is 0. The predicted octanol–water partition coefficient (Wildman–Crippen LogP) is 4.43. The van der Waals surface area contributed by atoms with E-state index in [1.165, 1.54) is 32.1 Å². The average Bonchev–Trinajstić information content (AvgIpc) is 2.74. The van der Waals surface area contributed by atoms with E-state index in [4.69, 9.17) is 4.99 Å². The summed E-state index contributed by atoms with van der Waals surface area (Å²) in [6, 6.07) is 5.89. The monoisotopic (exact) mass is 532 g/mol.